The molecule has 2 heterocycles. The molecule has 1 aromatic heterocycles. The van der Waals surface area contributed by atoms with Crippen LogP contribution in [-0.4, -0.2) is 46.1 Å². The van der Waals surface area contributed by atoms with Gasteiger partial charge in [-0.25, -0.2) is 4.79 Å². The van der Waals surface area contributed by atoms with Crippen molar-refractivity contribution in [3.63, 3.8) is 0 Å². The second-order valence-corrected chi connectivity index (χ2v) is 15.0. The molecule has 1 aliphatic rings. The summed E-state index contributed by atoms with van der Waals surface area (Å²) in [5, 5.41) is 2.83. The van der Waals surface area contributed by atoms with E-state index in [0.29, 0.717) is 5.69 Å². The molecule has 7 heteroatoms. The minimum atomic E-state index is -1.26. The number of hydrogen-bond acceptors (Lipinski definition) is 5. The van der Waals surface area contributed by atoms with Gasteiger partial charge in [0.1, 0.15) is 5.60 Å². The summed E-state index contributed by atoms with van der Waals surface area (Å²) in [7, 11) is -1.26. The summed E-state index contributed by atoms with van der Waals surface area (Å²) >= 11 is 0. The monoisotopic (exact) mass is 489 g/mol. The number of fused-ring (bicyclic) bond motifs is 1. The first kappa shape index (κ1) is 26.4. The average molecular weight is 490 g/mol. The van der Waals surface area contributed by atoms with Crippen LogP contribution >= 0.6 is 10.3 Å². The maximum absolute atomic E-state index is 12.3. The summed E-state index contributed by atoms with van der Waals surface area (Å²) < 4.78 is 12.4. The number of carbonyl (C=O) groups is 1. The molecular weight excluding hydrogens is 446 g/mol. The van der Waals surface area contributed by atoms with Gasteiger partial charge in [-0.05, 0) is 44.4 Å². The molecule has 190 valence electrons. The SMILES string of the molecule is CCS(C)(OC1Cc2ncc(NC(=O)OC(C)(C)C)cc2N(Cc2ccccc2)C1)C(C)(C)C.[HH]. The quantitative estimate of drug-likeness (QED) is 0.484. The molecular formula is C27H43N3O3S. The van der Waals surface area contributed by atoms with E-state index in [4.69, 9.17) is 13.9 Å². The van der Waals surface area contributed by atoms with Crippen molar-refractivity contribution < 1.29 is 15.1 Å². The Morgan fingerprint density at radius 3 is 2.47 bits per heavy atom. The van der Waals surface area contributed by atoms with E-state index in [1.807, 2.05) is 32.9 Å². The maximum Gasteiger partial charge on any atom is 0.412 e. The third-order valence-corrected chi connectivity index (χ3v) is 10.6. The zero-order valence-electron chi connectivity index (χ0n) is 22.0. The van der Waals surface area contributed by atoms with E-state index in [0.717, 1.165) is 36.6 Å². The number of benzene rings is 1. The van der Waals surface area contributed by atoms with Gasteiger partial charge in [-0.1, -0.05) is 58.0 Å². The van der Waals surface area contributed by atoms with Crippen molar-refractivity contribution in [1.29, 1.82) is 0 Å². The number of hydrogen-bond donors (Lipinski definition) is 1. The molecule has 0 bridgehead atoms. The van der Waals surface area contributed by atoms with Gasteiger partial charge < -0.3 is 13.8 Å². The van der Waals surface area contributed by atoms with Crippen LogP contribution in [0.1, 0.15) is 61.2 Å². The van der Waals surface area contributed by atoms with Crippen LogP contribution in [0.2, 0.25) is 0 Å². The van der Waals surface area contributed by atoms with Gasteiger partial charge in [-0.15, -0.1) is 10.3 Å². The van der Waals surface area contributed by atoms with Crippen LogP contribution < -0.4 is 10.2 Å². The van der Waals surface area contributed by atoms with Crippen LogP contribution in [0.4, 0.5) is 16.2 Å². The highest BCUT2D eigenvalue weighted by atomic mass is 32.3. The summed E-state index contributed by atoms with van der Waals surface area (Å²) in [4.78, 5) is 19.4. The number of anilines is 2. The molecule has 1 aliphatic heterocycles. The summed E-state index contributed by atoms with van der Waals surface area (Å²) in [5.74, 6) is 1.02. The first-order valence-corrected chi connectivity index (χ1v) is 14.1. The van der Waals surface area contributed by atoms with Crippen LogP contribution in [0.5, 0.6) is 0 Å². The Hall–Kier alpha value is -2.25. The number of nitrogens with one attached hydrogen (secondary N) is 1. The molecule has 2 aromatic rings. The van der Waals surface area contributed by atoms with Gasteiger partial charge in [-0.2, -0.15) is 0 Å². The average Bonchev–Trinajstić information content (AvgIpc) is 2.72. The summed E-state index contributed by atoms with van der Waals surface area (Å²) in [6.45, 7) is 16.1. The number of amides is 1. The van der Waals surface area contributed by atoms with Gasteiger partial charge in [0.15, 0.2) is 0 Å². The fourth-order valence-corrected chi connectivity index (χ4v) is 6.01. The molecule has 2 unspecified atom stereocenters. The van der Waals surface area contributed by atoms with E-state index in [2.05, 4.69) is 68.4 Å². The van der Waals surface area contributed by atoms with Crippen LogP contribution in [0.15, 0.2) is 42.6 Å². The fraction of sp³-hybridized carbons (Fsp3) is 0.556. The van der Waals surface area contributed by atoms with Crippen LogP contribution in [0.3, 0.4) is 0 Å². The van der Waals surface area contributed by atoms with Crippen LogP contribution in [0.25, 0.3) is 0 Å². The highest BCUT2D eigenvalue weighted by Crippen LogP contribution is 2.58. The summed E-state index contributed by atoms with van der Waals surface area (Å²) in [5.41, 5.74) is 3.32. The van der Waals surface area contributed by atoms with Crippen molar-refractivity contribution in [2.24, 2.45) is 0 Å². The lowest BCUT2D eigenvalue weighted by Crippen LogP contribution is -2.42. The van der Waals surface area contributed by atoms with E-state index in [-0.39, 0.29) is 12.3 Å². The Kier molecular flexibility index (Phi) is 7.88. The van der Waals surface area contributed by atoms with E-state index in [1.165, 1.54) is 5.56 Å². The molecule has 2 atom stereocenters. The highest BCUT2D eigenvalue weighted by molar-refractivity contribution is 8.30. The largest absolute Gasteiger partial charge is 0.444 e. The lowest BCUT2D eigenvalue weighted by atomic mass is 10.0. The molecule has 0 aliphatic carbocycles. The predicted octanol–water partition coefficient (Wildman–Crippen LogP) is 6.79. The minimum absolute atomic E-state index is 0. The fourth-order valence-electron chi connectivity index (χ4n) is 3.99. The number of carbonyl (C=O) groups excluding carboxylic acids is 1. The normalized spacial score (nSPS) is 19.1. The first-order chi connectivity index (χ1) is 15.8. The third-order valence-electron chi connectivity index (χ3n) is 6.19. The van der Waals surface area contributed by atoms with Crippen molar-refractivity contribution in [3.8, 4) is 0 Å². The number of pyridine rings is 1. The van der Waals surface area contributed by atoms with E-state index in [1.54, 1.807) is 6.20 Å². The van der Waals surface area contributed by atoms with E-state index in [9.17, 15) is 4.79 Å². The van der Waals surface area contributed by atoms with Crippen molar-refractivity contribution in [2.45, 2.75) is 77.9 Å². The molecule has 0 saturated heterocycles. The second-order valence-electron chi connectivity index (χ2n) is 11.0. The van der Waals surface area contributed by atoms with Crippen molar-refractivity contribution >= 4 is 27.8 Å². The van der Waals surface area contributed by atoms with Crippen LogP contribution in [-0.2, 0) is 21.9 Å². The Balaban J connectivity index is 0.00000432. The smallest absolute Gasteiger partial charge is 0.412 e. The molecule has 1 amide bonds. The molecule has 3 rings (SSSR count). The Bertz CT molecular complexity index is 991. The van der Waals surface area contributed by atoms with Crippen molar-refractivity contribution in [1.82, 2.24) is 4.98 Å². The molecule has 0 saturated carbocycles. The second kappa shape index (κ2) is 10.2. The molecule has 34 heavy (non-hydrogen) atoms. The Morgan fingerprint density at radius 2 is 1.88 bits per heavy atom. The number of aromatic nitrogens is 1. The number of ether oxygens (including phenoxy) is 1. The maximum atomic E-state index is 12.3. The number of rotatable bonds is 6. The van der Waals surface area contributed by atoms with E-state index < -0.39 is 22.0 Å². The number of nitrogens with zero attached hydrogens (tertiary/aromatic N) is 2. The minimum Gasteiger partial charge on any atom is -0.444 e. The molecule has 1 N–H and O–H groups in total. The lowest BCUT2D eigenvalue weighted by Gasteiger charge is -2.50. The van der Waals surface area contributed by atoms with Crippen LogP contribution in [0, 0.1) is 0 Å². The van der Waals surface area contributed by atoms with Gasteiger partial charge >= 0.3 is 6.09 Å². The molecule has 1 aromatic carbocycles. The van der Waals surface area contributed by atoms with Gasteiger partial charge in [-0.3, -0.25) is 10.3 Å². The third kappa shape index (κ3) is 6.66. The van der Waals surface area contributed by atoms with E-state index >= 15 is 0 Å². The molecule has 0 fully saturated rings. The van der Waals surface area contributed by atoms with Gasteiger partial charge in [0.05, 0.1) is 29.4 Å². The Morgan fingerprint density at radius 1 is 1.21 bits per heavy atom. The standard InChI is InChI=1S/C27H41N3O3S.H2/c1-9-34(8,27(5,6)7)33-22-16-23-24(30(19-22)18-20-13-11-10-12-14-20)15-21(17-28-23)29-25(31)32-26(2,3)4;/h10-15,17,22H,9,16,18-19H2,1-8H3,(H,29,31);1H. The first-order valence-electron chi connectivity index (χ1n) is 12.0. The van der Waals surface area contributed by atoms with Gasteiger partial charge in [0.2, 0.25) is 0 Å². The molecule has 0 spiro atoms. The topological polar surface area (TPSA) is 63.7 Å². The summed E-state index contributed by atoms with van der Waals surface area (Å²) in [6.07, 6.45) is 4.35. The zero-order chi connectivity index (χ0) is 25.1. The lowest BCUT2D eigenvalue weighted by molar-refractivity contribution is 0.0636. The highest BCUT2D eigenvalue weighted by Gasteiger charge is 2.37. The van der Waals surface area contributed by atoms with Gasteiger partial charge in [0.25, 0.3) is 0 Å². The van der Waals surface area contributed by atoms with Crippen molar-refractivity contribution in [3.05, 3.63) is 53.9 Å². The summed E-state index contributed by atoms with van der Waals surface area (Å²) in [6, 6.07) is 12.4. The van der Waals surface area contributed by atoms with Crippen molar-refractivity contribution in [2.75, 3.05) is 28.8 Å². The van der Waals surface area contributed by atoms with Gasteiger partial charge in [0, 0.05) is 25.7 Å². The predicted molar refractivity (Wildman–Crippen MR) is 146 cm³/mol. The Labute approximate surface area is 208 Å². The zero-order valence-corrected chi connectivity index (χ0v) is 22.8. The molecule has 6 nitrogen and oxygen atoms in total. The molecule has 0 radical (unpaired) electrons.